The quantitative estimate of drug-likeness (QED) is 0.262. The minimum atomic E-state index is -4.92. The zero-order chi connectivity index (χ0) is 28.2. The summed E-state index contributed by atoms with van der Waals surface area (Å²) in [4.78, 5) is 1.18. The molecule has 0 fully saturated rings. The van der Waals surface area contributed by atoms with E-state index in [4.69, 9.17) is 4.74 Å². The van der Waals surface area contributed by atoms with E-state index in [0.717, 1.165) is 37.8 Å². The number of hydrogen-bond donors (Lipinski definition) is 1. The summed E-state index contributed by atoms with van der Waals surface area (Å²) >= 11 is 0. The van der Waals surface area contributed by atoms with E-state index in [1.54, 1.807) is 12.1 Å². The number of aryl methyl sites for hydroxylation is 2. The molecule has 0 bridgehead atoms. The topological polar surface area (TPSA) is 41.9 Å². The van der Waals surface area contributed by atoms with E-state index >= 15 is 0 Å². The molecule has 0 aliphatic heterocycles. The van der Waals surface area contributed by atoms with E-state index in [9.17, 15) is 35.8 Å². The Morgan fingerprint density at radius 2 is 1.46 bits per heavy atom. The van der Waals surface area contributed by atoms with Crippen molar-refractivity contribution >= 4 is 5.69 Å². The second-order valence-electron chi connectivity index (χ2n) is 9.29. The van der Waals surface area contributed by atoms with E-state index in [1.807, 2.05) is 18.2 Å². The number of halogens is 7. The third-order valence-electron chi connectivity index (χ3n) is 6.29. The van der Waals surface area contributed by atoms with E-state index < -0.39 is 37.1 Å². The molecule has 0 heterocycles. The lowest BCUT2D eigenvalue weighted by atomic mass is 9.92. The summed E-state index contributed by atoms with van der Waals surface area (Å²) in [5.74, 6) is 0.321. The Morgan fingerprint density at radius 1 is 0.795 bits per heavy atom. The van der Waals surface area contributed by atoms with Gasteiger partial charge in [-0.2, -0.15) is 30.7 Å². The lowest BCUT2D eigenvalue weighted by molar-refractivity contribution is -0.253. The number of alkyl halides is 7. The van der Waals surface area contributed by atoms with Crippen molar-refractivity contribution in [3.8, 4) is 17.2 Å². The van der Waals surface area contributed by atoms with Crippen molar-refractivity contribution in [2.45, 2.75) is 57.0 Å². The number of rotatable bonds is 10. The predicted octanol–water partition coefficient (Wildman–Crippen LogP) is 7.52. The van der Waals surface area contributed by atoms with Gasteiger partial charge in [-0.25, -0.2) is 0 Å². The number of fused-ring (bicyclic) bond motifs is 1. The normalized spacial score (nSPS) is 14.6. The molecule has 210 valence electrons. The number of ether oxygens (including phenoxy) is 2. The highest BCUT2D eigenvalue weighted by molar-refractivity contribution is 5.53. The molecular formula is C28H26F7NO3. The fourth-order valence-corrected chi connectivity index (χ4v) is 4.36. The monoisotopic (exact) mass is 557 g/mol. The van der Waals surface area contributed by atoms with Gasteiger partial charge in [-0.15, -0.1) is 0 Å². The molecule has 3 aromatic rings. The Bertz CT molecular complexity index is 1270. The highest BCUT2D eigenvalue weighted by Gasteiger charge is 2.44. The van der Waals surface area contributed by atoms with Gasteiger partial charge in [-0.3, -0.25) is 0 Å². The van der Waals surface area contributed by atoms with Crippen LogP contribution in [0.4, 0.5) is 36.4 Å². The highest BCUT2D eigenvalue weighted by atomic mass is 19.4. The fourth-order valence-electron chi connectivity index (χ4n) is 4.36. The third kappa shape index (κ3) is 7.56. The molecule has 0 saturated carbocycles. The molecular weight excluding hydrogens is 531 g/mol. The Morgan fingerprint density at radius 3 is 2.18 bits per heavy atom. The first-order valence-electron chi connectivity index (χ1n) is 12.2. The van der Waals surface area contributed by atoms with E-state index in [-0.39, 0.29) is 17.8 Å². The average Bonchev–Trinajstić information content (AvgIpc) is 2.87. The van der Waals surface area contributed by atoms with Crippen molar-refractivity contribution in [2.24, 2.45) is 0 Å². The van der Waals surface area contributed by atoms with Crippen LogP contribution < -0.4 is 14.4 Å². The van der Waals surface area contributed by atoms with Crippen molar-refractivity contribution in [1.29, 1.82) is 0 Å². The van der Waals surface area contributed by atoms with Crippen LogP contribution in [0.15, 0.2) is 66.7 Å². The maximum Gasteiger partial charge on any atom is 0.461 e. The number of aliphatic hydroxyl groups excluding tert-OH is 1. The van der Waals surface area contributed by atoms with Gasteiger partial charge in [-0.05, 0) is 78.8 Å². The SMILES string of the molecule is O[C@H](CN(Cc1cccc(OC(F)(F)C(F)F)c1)c1cccc(Oc2ccc3c(c2)CCCC3)c1)C(F)(F)F. The smallest absolute Gasteiger partial charge is 0.457 e. The molecule has 39 heavy (non-hydrogen) atoms. The summed E-state index contributed by atoms with van der Waals surface area (Å²) in [6.07, 6.45) is -12.3. The second kappa shape index (κ2) is 11.7. The van der Waals surface area contributed by atoms with E-state index in [1.165, 1.54) is 40.3 Å². The molecule has 3 aromatic carbocycles. The van der Waals surface area contributed by atoms with Crippen LogP contribution in [0.3, 0.4) is 0 Å². The first-order chi connectivity index (χ1) is 18.4. The Hall–Kier alpha value is -3.47. The molecule has 11 heteroatoms. The van der Waals surface area contributed by atoms with Crippen molar-refractivity contribution in [1.82, 2.24) is 0 Å². The van der Waals surface area contributed by atoms with Crippen molar-refractivity contribution in [3.05, 3.63) is 83.4 Å². The summed E-state index contributed by atoms with van der Waals surface area (Å²) in [5.41, 5.74) is 2.88. The lowest BCUT2D eigenvalue weighted by Crippen LogP contribution is -2.40. The van der Waals surface area contributed by atoms with Gasteiger partial charge in [0.25, 0.3) is 0 Å². The molecule has 0 radical (unpaired) electrons. The molecule has 1 atom stereocenters. The maximum atomic E-state index is 13.4. The van der Waals surface area contributed by atoms with Crippen LogP contribution in [-0.2, 0) is 19.4 Å². The Labute approximate surface area is 220 Å². The van der Waals surface area contributed by atoms with Gasteiger partial charge >= 0.3 is 18.7 Å². The summed E-state index contributed by atoms with van der Waals surface area (Å²) < 4.78 is 102. The van der Waals surface area contributed by atoms with Crippen molar-refractivity contribution < 1.29 is 45.3 Å². The number of aliphatic hydroxyl groups is 1. The number of anilines is 1. The number of benzene rings is 3. The summed E-state index contributed by atoms with van der Waals surface area (Å²) in [6, 6.07) is 16.7. The summed E-state index contributed by atoms with van der Waals surface area (Å²) in [5, 5.41) is 9.78. The number of nitrogens with zero attached hydrogens (tertiary/aromatic N) is 1. The predicted molar refractivity (Wildman–Crippen MR) is 131 cm³/mol. The molecule has 0 spiro atoms. The lowest BCUT2D eigenvalue weighted by Gasteiger charge is -2.29. The standard InChI is InChI=1S/C28H26F7NO3/c29-26(30)28(34,35)39-24-10-3-5-18(13-24)16-36(17-25(37)27(31,32)33)21-8-4-9-22(15-21)38-23-12-11-19-6-1-2-7-20(19)14-23/h3-5,8-15,25-26,37H,1-2,6-7,16-17H2/t25-/m1/s1. The molecule has 1 aliphatic rings. The van der Waals surface area contributed by atoms with Crippen molar-refractivity contribution in [3.63, 3.8) is 0 Å². The van der Waals surface area contributed by atoms with Gasteiger partial charge < -0.3 is 19.5 Å². The van der Waals surface area contributed by atoms with Crippen LogP contribution in [-0.4, -0.2) is 36.5 Å². The van der Waals surface area contributed by atoms with Crippen LogP contribution in [0, 0.1) is 0 Å². The molecule has 1 aliphatic carbocycles. The molecule has 0 amide bonds. The van der Waals surface area contributed by atoms with Crippen LogP contribution >= 0.6 is 0 Å². The van der Waals surface area contributed by atoms with Gasteiger partial charge in [0.15, 0.2) is 6.10 Å². The molecule has 4 rings (SSSR count). The molecule has 1 N–H and O–H groups in total. The fraction of sp³-hybridized carbons (Fsp3) is 0.357. The molecule has 0 aromatic heterocycles. The second-order valence-corrected chi connectivity index (χ2v) is 9.29. The largest absolute Gasteiger partial charge is 0.461 e. The van der Waals surface area contributed by atoms with Crippen LogP contribution in [0.2, 0.25) is 0 Å². The first-order valence-corrected chi connectivity index (χ1v) is 12.2. The van der Waals surface area contributed by atoms with Crippen molar-refractivity contribution in [2.75, 3.05) is 11.4 Å². The zero-order valence-electron chi connectivity index (χ0n) is 20.6. The minimum Gasteiger partial charge on any atom is -0.457 e. The van der Waals surface area contributed by atoms with Gasteiger partial charge in [0.2, 0.25) is 0 Å². The molecule has 4 nitrogen and oxygen atoms in total. The van der Waals surface area contributed by atoms with Gasteiger partial charge in [0, 0.05) is 18.3 Å². The van der Waals surface area contributed by atoms with Gasteiger partial charge in [-0.1, -0.05) is 24.3 Å². The van der Waals surface area contributed by atoms with Gasteiger partial charge in [0.1, 0.15) is 17.2 Å². The van der Waals surface area contributed by atoms with E-state index in [2.05, 4.69) is 4.74 Å². The average molecular weight is 558 g/mol. The maximum absolute atomic E-state index is 13.4. The highest BCUT2D eigenvalue weighted by Crippen LogP contribution is 2.33. The van der Waals surface area contributed by atoms with Crippen LogP contribution in [0.5, 0.6) is 17.2 Å². The first kappa shape index (κ1) is 28.5. The zero-order valence-corrected chi connectivity index (χ0v) is 20.6. The van der Waals surface area contributed by atoms with Gasteiger partial charge in [0.05, 0.1) is 6.54 Å². The van der Waals surface area contributed by atoms with E-state index in [0.29, 0.717) is 11.5 Å². The van der Waals surface area contributed by atoms with Crippen LogP contribution in [0.25, 0.3) is 0 Å². The molecule has 0 unspecified atom stereocenters. The van der Waals surface area contributed by atoms with Crippen LogP contribution in [0.1, 0.15) is 29.5 Å². The number of hydrogen-bond acceptors (Lipinski definition) is 4. The Kier molecular flexibility index (Phi) is 8.58. The molecule has 0 saturated heterocycles. The Balaban J connectivity index is 1.58. The third-order valence-corrected chi connectivity index (χ3v) is 6.29. The minimum absolute atomic E-state index is 0.188. The summed E-state index contributed by atoms with van der Waals surface area (Å²) in [7, 11) is 0. The summed E-state index contributed by atoms with van der Waals surface area (Å²) in [6.45, 7) is -1.17.